The number of rotatable bonds is 8. The molecule has 3 heterocycles. The molecular weight excluding hydrogens is 727 g/mol. The van der Waals surface area contributed by atoms with Gasteiger partial charge < -0.3 is 30.1 Å². The van der Waals surface area contributed by atoms with Crippen LogP contribution in [0.2, 0.25) is 0 Å². The van der Waals surface area contributed by atoms with Crippen LogP contribution in [-0.4, -0.2) is 89.9 Å². The van der Waals surface area contributed by atoms with Gasteiger partial charge in [0.25, 0.3) is 5.91 Å². The van der Waals surface area contributed by atoms with Gasteiger partial charge >= 0.3 is 6.09 Å². The van der Waals surface area contributed by atoms with Crippen molar-refractivity contribution in [3.05, 3.63) is 66.7 Å². The Hall–Kier alpha value is -5.18. The van der Waals surface area contributed by atoms with Crippen molar-refractivity contribution >= 4 is 44.6 Å². The zero-order valence-corrected chi connectivity index (χ0v) is 31.9. The number of ether oxygens (including phenoxy) is 2. The first-order valence-electron chi connectivity index (χ1n) is 18.8. The number of carbonyl (C=O) groups is 4. The van der Waals surface area contributed by atoms with E-state index in [1.54, 1.807) is 13.2 Å². The standard InChI is InChI=1S/C40H47N5O9S/c1-23-9-7-8-12-27-21-40(27,38(48)44-55(51,52)30-14-15-30)43-35(46)33-20-29(22-45(33)37(47)34(24(2)17-23)42-39(49)50)54-36-31-16-13-28(53-3)18-26(31)19-32(41-36)25-10-5-4-6-11-25/h4-6,8,10-13,16,18-19,23-24,27,29-30,33-34,42H,7,9,14-15,17,20-22H2,1-3H3,(H,43,46)(H,44,48)(H,49,50)/t23-,24-,27-,29-,33+,34+,40-/m1/s1. The highest BCUT2D eigenvalue weighted by Crippen LogP contribution is 2.46. The largest absolute Gasteiger partial charge is 0.497 e. The van der Waals surface area contributed by atoms with E-state index in [9.17, 15) is 32.7 Å². The number of hydrogen-bond acceptors (Lipinski definition) is 9. The van der Waals surface area contributed by atoms with Crippen molar-refractivity contribution in [1.29, 1.82) is 0 Å². The Morgan fingerprint density at radius 1 is 1.04 bits per heavy atom. The van der Waals surface area contributed by atoms with E-state index in [2.05, 4.69) is 15.4 Å². The average Bonchev–Trinajstić information content (AvgIpc) is 4.08. The lowest BCUT2D eigenvalue weighted by Gasteiger charge is -2.32. The molecule has 0 bridgehead atoms. The van der Waals surface area contributed by atoms with Crippen LogP contribution >= 0.6 is 0 Å². The maximum absolute atomic E-state index is 14.5. The molecule has 7 atom stereocenters. The Morgan fingerprint density at radius 3 is 2.51 bits per heavy atom. The summed E-state index contributed by atoms with van der Waals surface area (Å²) >= 11 is 0. The maximum Gasteiger partial charge on any atom is 0.405 e. The molecule has 55 heavy (non-hydrogen) atoms. The number of amides is 4. The van der Waals surface area contributed by atoms with E-state index in [4.69, 9.17) is 14.5 Å². The number of nitrogens with one attached hydrogen (secondary N) is 3. The molecule has 2 saturated carbocycles. The van der Waals surface area contributed by atoms with Crippen LogP contribution in [0, 0.1) is 17.8 Å². The first-order valence-corrected chi connectivity index (χ1v) is 20.4. The van der Waals surface area contributed by atoms with Gasteiger partial charge in [-0.25, -0.2) is 18.2 Å². The summed E-state index contributed by atoms with van der Waals surface area (Å²) in [6.45, 7) is 3.77. The lowest BCUT2D eigenvalue weighted by atomic mass is 9.88. The quantitative estimate of drug-likeness (QED) is 0.239. The van der Waals surface area contributed by atoms with Gasteiger partial charge in [0.1, 0.15) is 29.5 Å². The number of sulfonamides is 1. The molecule has 3 fully saturated rings. The van der Waals surface area contributed by atoms with E-state index in [-0.39, 0.29) is 31.2 Å². The number of methoxy groups -OCH3 is 1. The van der Waals surface area contributed by atoms with Gasteiger partial charge in [0.05, 0.1) is 24.6 Å². The molecule has 1 aromatic heterocycles. The van der Waals surface area contributed by atoms with Gasteiger partial charge in [-0.1, -0.05) is 56.3 Å². The molecular formula is C40H47N5O9S. The van der Waals surface area contributed by atoms with Crippen molar-refractivity contribution in [1.82, 2.24) is 25.2 Å². The molecule has 0 unspecified atom stereocenters. The van der Waals surface area contributed by atoms with Gasteiger partial charge in [-0.2, -0.15) is 0 Å². The third-order valence-corrected chi connectivity index (χ3v) is 13.1. The van der Waals surface area contributed by atoms with Crippen LogP contribution < -0.4 is 24.8 Å². The molecule has 2 aliphatic carbocycles. The molecule has 0 spiro atoms. The Morgan fingerprint density at radius 2 is 1.80 bits per heavy atom. The highest BCUT2D eigenvalue weighted by Gasteiger charge is 2.62. The summed E-state index contributed by atoms with van der Waals surface area (Å²) in [4.78, 5) is 61.0. The van der Waals surface area contributed by atoms with Gasteiger partial charge in [-0.3, -0.25) is 19.1 Å². The fourth-order valence-electron chi connectivity index (χ4n) is 7.97. The highest BCUT2D eigenvalue weighted by atomic mass is 32.2. The third kappa shape index (κ3) is 8.12. The predicted octanol–water partition coefficient (Wildman–Crippen LogP) is 4.39. The smallest absolute Gasteiger partial charge is 0.405 e. The fraction of sp³-hybridized carbons (Fsp3) is 0.475. The SMILES string of the molecule is COc1ccc2c(O[C@@H]3C[C@H]4C(=O)N[C@]5(C(=O)NS(=O)(=O)C6CC6)C[C@H]5C=CCC[C@@H](C)C[C@@H](C)[C@H](NC(=O)O)C(=O)N4C3)nc(-c3ccccc3)cc2c1. The number of carbonyl (C=O) groups excluding carboxylic acids is 3. The lowest BCUT2D eigenvalue weighted by molar-refractivity contribution is -0.142. The number of hydrogen-bond donors (Lipinski definition) is 4. The van der Waals surface area contributed by atoms with Crippen molar-refractivity contribution in [2.24, 2.45) is 17.8 Å². The molecule has 3 aromatic rings. The fourth-order valence-corrected chi connectivity index (χ4v) is 9.33. The second-order valence-electron chi connectivity index (χ2n) is 15.4. The molecule has 4 aliphatic rings. The molecule has 15 heteroatoms. The zero-order valence-electron chi connectivity index (χ0n) is 31.1. The van der Waals surface area contributed by atoms with Crippen molar-refractivity contribution < 1.29 is 42.2 Å². The van der Waals surface area contributed by atoms with Gasteiger partial charge in [-0.05, 0) is 80.0 Å². The summed E-state index contributed by atoms with van der Waals surface area (Å²) in [5.41, 5.74) is -0.0626. The summed E-state index contributed by atoms with van der Waals surface area (Å²) in [5.74, 6) is -1.93. The molecule has 4 N–H and O–H groups in total. The van der Waals surface area contributed by atoms with Crippen molar-refractivity contribution in [2.45, 2.75) is 87.8 Å². The molecule has 2 aliphatic heterocycles. The highest BCUT2D eigenvalue weighted by molar-refractivity contribution is 7.91. The summed E-state index contributed by atoms with van der Waals surface area (Å²) in [7, 11) is -2.34. The molecule has 4 amide bonds. The Bertz CT molecular complexity index is 2130. The lowest BCUT2D eigenvalue weighted by Crippen LogP contribution is -2.59. The number of allylic oxidation sites excluding steroid dienone is 1. The molecule has 7 rings (SSSR count). The minimum Gasteiger partial charge on any atom is -0.497 e. The van der Waals surface area contributed by atoms with Gasteiger partial charge in [-0.15, -0.1) is 0 Å². The first-order chi connectivity index (χ1) is 26.3. The van der Waals surface area contributed by atoms with Crippen molar-refractivity contribution in [3.63, 3.8) is 0 Å². The normalized spacial score (nSPS) is 28.5. The summed E-state index contributed by atoms with van der Waals surface area (Å²) in [5, 5.41) is 15.9. The van der Waals surface area contributed by atoms with Gasteiger partial charge in [0.2, 0.25) is 27.7 Å². The summed E-state index contributed by atoms with van der Waals surface area (Å²) < 4.78 is 40.0. The number of nitrogens with zero attached hydrogens (tertiary/aromatic N) is 2. The molecule has 0 radical (unpaired) electrons. The van der Waals surface area contributed by atoms with E-state index < -0.39 is 74.7 Å². The first kappa shape index (κ1) is 38.1. The number of fused-ring (bicyclic) bond motifs is 3. The Labute approximate surface area is 320 Å². The second kappa shape index (κ2) is 15.2. The average molecular weight is 774 g/mol. The topological polar surface area (TPSA) is 193 Å². The monoisotopic (exact) mass is 773 g/mol. The van der Waals surface area contributed by atoms with Crippen LogP contribution in [-0.2, 0) is 24.4 Å². The predicted molar refractivity (Wildman–Crippen MR) is 204 cm³/mol. The second-order valence-corrected chi connectivity index (χ2v) is 17.4. The van der Waals surface area contributed by atoms with Crippen LogP contribution in [0.3, 0.4) is 0 Å². The Balaban J connectivity index is 1.25. The molecule has 1 saturated heterocycles. The number of benzene rings is 2. The van der Waals surface area contributed by atoms with E-state index in [0.717, 1.165) is 17.4 Å². The van der Waals surface area contributed by atoms with Crippen LogP contribution in [0.5, 0.6) is 11.6 Å². The van der Waals surface area contributed by atoms with E-state index in [1.807, 2.05) is 74.5 Å². The van der Waals surface area contributed by atoms with Crippen LogP contribution in [0.4, 0.5) is 4.79 Å². The molecule has 2 aromatic carbocycles. The van der Waals surface area contributed by atoms with Crippen LogP contribution in [0.15, 0.2) is 66.7 Å². The summed E-state index contributed by atoms with van der Waals surface area (Å²) in [6.07, 6.45) is 4.66. The van der Waals surface area contributed by atoms with E-state index in [0.29, 0.717) is 42.5 Å². The number of carboxylic acid groups (broad SMARTS) is 1. The van der Waals surface area contributed by atoms with Crippen LogP contribution in [0.1, 0.15) is 58.8 Å². The van der Waals surface area contributed by atoms with Crippen molar-refractivity contribution in [3.8, 4) is 22.9 Å². The maximum atomic E-state index is 14.5. The number of pyridine rings is 1. The number of aromatic nitrogens is 1. The molecule has 14 nitrogen and oxygen atoms in total. The van der Waals surface area contributed by atoms with E-state index >= 15 is 0 Å². The summed E-state index contributed by atoms with van der Waals surface area (Å²) in [6, 6.07) is 14.6. The molecule has 292 valence electrons. The van der Waals surface area contributed by atoms with Crippen molar-refractivity contribution in [2.75, 3.05) is 13.7 Å². The van der Waals surface area contributed by atoms with Crippen LogP contribution in [0.25, 0.3) is 22.0 Å². The van der Waals surface area contributed by atoms with Gasteiger partial charge in [0.15, 0.2) is 0 Å². The minimum absolute atomic E-state index is 0.00435. The Kier molecular flexibility index (Phi) is 10.5. The zero-order chi connectivity index (χ0) is 39.1. The van der Waals surface area contributed by atoms with Gasteiger partial charge in [0, 0.05) is 23.3 Å². The third-order valence-electron chi connectivity index (χ3n) is 11.2. The minimum atomic E-state index is -3.92. The van der Waals surface area contributed by atoms with E-state index in [1.165, 1.54) is 4.90 Å².